The van der Waals surface area contributed by atoms with Crippen molar-refractivity contribution in [1.82, 2.24) is 4.90 Å². The standard InChI is InChI=1S/C20H31NO/c1-5-19(6-2)21(16-17(3)4)20(22)15-11-10-14-18-12-8-7-9-13-18/h7-10,12-14,17,19H,5-6,11,15-16H2,1-4H3/b14-10+. The number of allylic oxidation sites excluding steroid dienone is 1. The second-order valence-electron chi connectivity index (χ2n) is 6.26. The molecule has 1 rings (SSSR count). The molecule has 22 heavy (non-hydrogen) atoms. The van der Waals surface area contributed by atoms with Crippen molar-refractivity contribution >= 4 is 12.0 Å². The predicted molar refractivity (Wildman–Crippen MR) is 95.6 cm³/mol. The Morgan fingerprint density at radius 1 is 1.14 bits per heavy atom. The van der Waals surface area contributed by atoms with Crippen LogP contribution in [0.25, 0.3) is 6.08 Å². The third-order valence-electron chi connectivity index (χ3n) is 3.90. The number of rotatable bonds is 9. The second-order valence-corrected chi connectivity index (χ2v) is 6.26. The summed E-state index contributed by atoms with van der Waals surface area (Å²) in [5.74, 6) is 0.810. The molecule has 122 valence electrons. The molecule has 0 spiro atoms. The first kappa shape index (κ1) is 18.5. The zero-order chi connectivity index (χ0) is 16.4. The van der Waals surface area contributed by atoms with Crippen molar-refractivity contribution < 1.29 is 4.79 Å². The van der Waals surface area contributed by atoms with Gasteiger partial charge in [0.2, 0.25) is 5.91 Å². The highest BCUT2D eigenvalue weighted by Crippen LogP contribution is 2.14. The first-order chi connectivity index (χ1) is 10.6. The van der Waals surface area contributed by atoms with Crippen molar-refractivity contribution in [2.45, 2.75) is 59.4 Å². The fraction of sp³-hybridized carbons (Fsp3) is 0.550. The van der Waals surface area contributed by atoms with Crippen LogP contribution >= 0.6 is 0 Å². The van der Waals surface area contributed by atoms with Crippen molar-refractivity contribution in [2.24, 2.45) is 5.92 Å². The van der Waals surface area contributed by atoms with Gasteiger partial charge in [0, 0.05) is 19.0 Å². The van der Waals surface area contributed by atoms with Crippen LogP contribution in [0.2, 0.25) is 0 Å². The summed E-state index contributed by atoms with van der Waals surface area (Å²) < 4.78 is 0. The number of carbonyl (C=O) groups excluding carboxylic acids is 1. The van der Waals surface area contributed by atoms with E-state index in [-0.39, 0.29) is 0 Å². The summed E-state index contributed by atoms with van der Waals surface area (Å²) in [5.41, 5.74) is 1.19. The van der Waals surface area contributed by atoms with Gasteiger partial charge in [-0.05, 0) is 30.7 Å². The lowest BCUT2D eigenvalue weighted by molar-refractivity contribution is -0.134. The lowest BCUT2D eigenvalue weighted by Gasteiger charge is -2.32. The monoisotopic (exact) mass is 301 g/mol. The van der Waals surface area contributed by atoms with Crippen LogP contribution in [0.4, 0.5) is 0 Å². The highest BCUT2D eigenvalue weighted by atomic mass is 16.2. The maximum atomic E-state index is 12.5. The molecule has 0 bridgehead atoms. The van der Waals surface area contributed by atoms with Crippen molar-refractivity contribution in [2.75, 3.05) is 6.54 Å². The van der Waals surface area contributed by atoms with Crippen molar-refractivity contribution in [3.05, 3.63) is 42.0 Å². The molecule has 0 aliphatic heterocycles. The molecular formula is C20H31NO. The number of amides is 1. The molecule has 0 aromatic heterocycles. The van der Waals surface area contributed by atoms with E-state index < -0.39 is 0 Å². The van der Waals surface area contributed by atoms with Crippen LogP contribution < -0.4 is 0 Å². The van der Waals surface area contributed by atoms with Gasteiger partial charge in [-0.3, -0.25) is 4.79 Å². The van der Waals surface area contributed by atoms with E-state index in [0.717, 1.165) is 25.8 Å². The lowest BCUT2D eigenvalue weighted by atomic mass is 10.1. The molecule has 0 N–H and O–H groups in total. The average molecular weight is 301 g/mol. The van der Waals surface area contributed by atoms with Gasteiger partial charge >= 0.3 is 0 Å². The second kappa shape index (κ2) is 10.2. The van der Waals surface area contributed by atoms with Crippen LogP contribution in [0, 0.1) is 5.92 Å². The van der Waals surface area contributed by atoms with Gasteiger partial charge in [0.05, 0.1) is 0 Å². The number of hydrogen-bond acceptors (Lipinski definition) is 1. The van der Waals surface area contributed by atoms with Gasteiger partial charge in [0.25, 0.3) is 0 Å². The highest BCUT2D eigenvalue weighted by Gasteiger charge is 2.20. The van der Waals surface area contributed by atoms with Crippen LogP contribution in [0.15, 0.2) is 36.4 Å². The number of nitrogens with zero attached hydrogens (tertiary/aromatic N) is 1. The molecule has 0 atom stereocenters. The minimum Gasteiger partial charge on any atom is -0.339 e. The van der Waals surface area contributed by atoms with E-state index in [4.69, 9.17) is 0 Å². The first-order valence-electron chi connectivity index (χ1n) is 8.59. The van der Waals surface area contributed by atoms with Crippen LogP contribution in [-0.4, -0.2) is 23.4 Å². The maximum absolute atomic E-state index is 12.5. The molecule has 1 aromatic rings. The molecule has 2 heteroatoms. The number of benzene rings is 1. The minimum atomic E-state index is 0.292. The number of hydrogen-bond donors (Lipinski definition) is 0. The highest BCUT2D eigenvalue weighted by molar-refractivity contribution is 5.76. The smallest absolute Gasteiger partial charge is 0.223 e. The molecule has 0 saturated carbocycles. The van der Waals surface area contributed by atoms with Gasteiger partial charge < -0.3 is 4.90 Å². The van der Waals surface area contributed by atoms with Crippen molar-refractivity contribution in [3.8, 4) is 0 Å². The summed E-state index contributed by atoms with van der Waals surface area (Å²) in [4.78, 5) is 14.6. The topological polar surface area (TPSA) is 20.3 Å². The van der Waals surface area contributed by atoms with E-state index in [0.29, 0.717) is 24.3 Å². The normalized spacial score (nSPS) is 11.5. The van der Waals surface area contributed by atoms with Gasteiger partial charge in [0.1, 0.15) is 0 Å². The lowest BCUT2D eigenvalue weighted by Crippen LogP contribution is -2.41. The fourth-order valence-electron chi connectivity index (χ4n) is 2.71. The Bertz CT molecular complexity index is 446. The first-order valence-corrected chi connectivity index (χ1v) is 8.59. The van der Waals surface area contributed by atoms with E-state index in [2.05, 4.69) is 56.9 Å². The number of carbonyl (C=O) groups is 1. The van der Waals surface area contributed by atoms with Gasteiger partial charge in [-0.2, -0.15) is 0 Å². The Morgan fingerprint density at radius 3 is 2.32 bits per heavy atom. The van der Waals surface area contributed by atoms with Gasteiger partial charge in [0.15, 0.2) is 0 Å². The molecule has 1 aromatic carbocycles. The predicted octanol–water partition coefficient (Wildman–Crippen LogP) is 5.15. The van der Waals surface area contributed by atoms with E-state index in [1.807, 2.05) is 18.2 Å². The molecule has 0 aliphatic rings. The van der Waals surface area contributed by atoms with E-state index in [1.165, 1.54) is 5.56 Å². The summed E-state index contributed by atoms with van der Waals surface area (Å²) >= 11 is 0. The van der Waals surface area contributed by atoms with Gasteiger partial charge in [-0.25, -0.2) is 0 Å². The SMILES string of the molecule is CCC(CC)N(CC(C)C)C(=O)CC/C=C/c1ccccc1. The summed E-state index contributed by atoms with van der Waals surface area (Å²) in [6.45, 7) is 9.57. The third kappa shape index (κ3) is 6.46. The Hall–Kier alpha value is -1.57. The minimum absolute atomic E-state index is 0.292. The summed E-state index contributed by atoms with van der Waals surface area (Å²) in [5, 5.41) is 0. The Labute approximate surface area is 136 Å². The summed E-state index contributed by atoms with van der Waals surface area (Å²) in [6, 6.07) is 10.6. The van der Waals surface area contributed by atoms with Crippen LogP contribution in [0.5, 0.6) is 0 Å². The molecule has 2 nitrogen and oxygen atoms in total. The molecule has 0 aliphatic carbocycles. The Kier molecular flexibility index (Phi) is 8.57. The van der Waals surface area contributed by atoms with E-state index in [1.54, 1.807) is 0 Å². The van der Waals surface area contributed by atoms with E-state index >= 15 is 0 Å². The average Bonchev–Trinajstić information content (AvgIpc) is 2.52. The van der Waals surface area contributed by atoms with E-state index in [9.17, 15) is 4.79 Å². The molecule has 0 radical (unpaired) electrons. The fourth-order valence-corrected chi connectivity index (χ4v) is 2.71. The molecular weight excluding hydrogens is 270 g/mol. The quantitative estimate of drug-likeness (QED) is 0.617. The Balaban J connectivity index is 2.54. The van der Waals surface area contributed by atoms with Crippen molar-refractivity contribution in [1.29, 1.82) is 0 Å². The van der Waals surface area contributed by atoms with Crippen LogP contribution in [-0.2, 0) is 4.79 Å². The van der Waals surface area contributed by atoms with Crippen molar-refractivity contribution in [3.63, 3.8) is 0 Å². The van der Waals surface area contributed by atoms with Crippen LogP contribution in [0.3, 0.4) is 0 Å². The molecule has 0 heterocycles. The summed E-state index contributed by atoms with van der Waals surface area (Å²) in [6.07, 6.45) is 7.68. The molecule has 0 unspecified atom stereocenters. The maximum Gasteiger partial charge on any atom is 0.223 e. The zero-order valence-electron chi connectivity index (χ0n) is 14.6. The molecule has 0 saturated heterocycles. The molecule has 1 amide bonds. The largest absolute Gasteiger partial charge is 0.339 e. The zero-order valence-corrected chi connectivity index (χ0v) is 14.6. The molecule has 0 fully saturated rings. The van der Waals surface area contributed by atoms with Gasteiger partial charge in [-0.15, -0.1) is 0 Å². The van der Waals surface area contributed by atoms with Crippen LogP contribution in [0.1, 0.15) is 58.9 Å². The summed E-state index contributed by atoms with van der Waals surface area (Å²) in [7, 11) is 0. The Morgan fingerprint density at radius 2 is 1.77 bits per heavy atom. The third-order valence-corrected chi connectivity index (χ3v) is 3.90. The van der Waals surface area contributed by atoms with Gasteiger partial charge in [-0.1, -0.05) is 70.2 Å².